The van der Waals surface area contributed by atoms with Crippen molar-refractivity contribution in [1.82, 2.24) is 4.98 Å². The van der Waals surface area contributed by atoms with Crippen molar-refractivity contribution < 1.29 is 35.5 Å². The van der Waals surface area contributed by atoms with Crippen LogP contribution >= 0.6 is 27.3 Å². The number of alkyl halides is 3. The van der Waals surface area contributed by atoms with Crippen LogP contribution in [0.15, 0.2) is 75.5 Å². The van der Waals surface area contributed by atoms with Crippen LogP contribution in [0, 0.1) is 5.82 Å². The predicted molar refractivity (Wildman–Crippen MR) is 153 cm³/mol. The van der Waals surface area contributed by atoms with E-state index in [0.717, 1.165) is 39.9 Å². The minimum Gasteiger partial charge on any atom is -0.497 e. The predicted octanol–water partition coefficient (Wildman–Crippen LogP) is 7.65. The van der Waals surface area contributed by atoms with E-state index in [1.165, 1.54) is 32.5 Å². The maximum absolute atomic E-state index is 15.5. The van der Waals surface area contributed by atoms with Gasteiger partial charge in [0.15, 0.2) is 5.13 Å². The lowest BCUT2D eigenvalue weighted by Gasteiger charge is -2.24. The number of ether oxygens (including phenoxy) is 2. The lowest BCUT2D eigenvalue weighted by molar-refractivity contribution is -0.137. The number of aromatic nitrogens is 1. The van der Waals surface area contributed by atoms with Gasteiger partial charge in [0.2, 0.25) is 0 Å². The molecule has 0 saturated carbocycles. The molecule has 4 rings (SSSR count). The van der Waals surface area contributed by atoms with Crippen LogP contribution in [0.4, 0.5) is 28.4 Å². The first-order chi connectivity index (χ1) is 19.3. The molecule has 1 atom stereocenters. The molecule has 41 heavy (non-hydrogen) atoms. The van der Waals surface area contributed by atoms with Gasteiger partial charge >= 0.3 is 6.18 Å². The number of hydrogen-bond donors (Lipinski definition) is 1. The largest absolute Gasteiger partial charge is 0.497 e. The number of benzene rings is 3. The Morgan fingerprint density at radius 3 is 2.49 bits per heavy atom. The van der Waals surface area contributed by atoms with Gasteiger partial charge in [-0.25, -0.2) is 22.1 Å². The summed E-state index contributed by atoms with van der Waals surface area (Å²) in [5.74, 6) is -0.187. The molecule has 0 aliphatic rings. The van der Waals surface area contributed by atoms with E-state index >= 15 is 4.39 Å². The second-order valence-corrected chi connectivity index (χ2v) is 12.3. The zero-order chi connectivity index (χ0) is 29.9. The van der Waals surface area contributed by atoms with Gasteiger partial charge in [0.1, 0.15) is 22.2 Å². The van der Waals surface area contributed by atoms with Crippen molar-refractivity contribution in [3.05, 3.63) is 93.2 Å². The van der Waals surface area contributed by atoms with Gasteiger partial charge in [-0.3, -0.25) is 0 Å². The van der Waals surface area contributed by atoms with Gasteiger partial charge in [-0.2, -0.15) is 13.2 Å². The van der Waals surface area contributed by atoms with Crippen LogP contribution in [0.3, 0.4) is 0 Å². The molecule has 0 amide bonds. The van der Waals surface area contributed by atoms with E-state index in [-0.39, 0.29) is 21.8 Å². The van der Waals surface area contributed by atoms with E-state index in [4.69, 9.17) is 9.47 Å². The van der Waals surface area contributed by atoms with Crippen molar-refractivity contribution in [1.29, 1.82) is 0 Å². The highest BCUT2D eigenvalue weighted by Crippen LogP contribution is 2.37. The molecule has 0 radical (unpaired) electrons. The van der Waals surface area contributed by atoms with Crippen LogP contribution in [0.1, 0.15) is 29.7 Å². The van der Waals surface area contributed by atoms with Crippen molar-refractivity contribution in [2.75, 3.05) is 23.8 Å². The summed E-state index contributed by atoms with van der Waals surface area (Å²) in [7, 11) is -1.58. The summed E-state index contributed by atoms with van der Waals surface area (Å²) in [6, 6.07) is 11.1. The van der Waals surface area contributed by atoms with E-state index in [2.05, 4.69) is 26.2 Å². The minimum atomic E-state index is -4.52. The average Bonchev–Trinajstić information content (AvgIpc) is 3.47. The number of rotatable bonds is 10. The summed E-state index contributed by atoms with van der Waals surface area (Å²) in [5, 5.41) is 4.65. The van der Waals surface area contributed by atoms with Crippen LogP contribution in [0.25, 0.3) is 0 Å². The van der Waals surface area contributed by atoms with Crippen LogP contribution in [-0.2, 0) is 22.7 Å². The lowest BCUT2D eigenvalue weighted by Crippen LogP contribution is -2.31. The Morgan fingerprint density at radius 1 is 1.10 bits per heavy atom. The van der Waals surface area contributed by atoms with Gasteiger partial charge < -0.3 is 14.8 Å². The molecule has 4 aromatic rings. The Bertz CT molecular complexity index is 1630. The van der Waals surface area contributed by atoms with Gasteiger partial charge in [-0.1, -0.05) is 12.1 Å². The minimum absolute atomic E-state index is 0.110. The molecule has 1 aromatic heterocycles. The average molecular weight is 675 g/mol. The zero-order valence-electron chi connectivity index (χ0n) is 21.9. The molecule has 14 heteroatoms. The third-order valence-electron chi connectivity index (χ3n) is 6.12. The topological polar surface area (TPSA) is 80.8 Å². The third-order valence-corrected chi connectivity index (χ3v) is 9.43. The first-order valence-electron chi connectivity index (χ1n) is 11.9. The van der Waals surface area contributed by atoms with E-state index in [0.29, 0.717) is 22.6 Å². The van der Waals surface area contributed by atoms with Crippen LogP contribution in [0.2, 0.25) is 0 Å². The van der Waals surface area contributed by atoms with E-state index in [9.17, 15) is 21.6 Å². The summed E-state index contributed by atoms with van der Waals surface area (Å²) < 4.78 is 94.5. The highest BCUT2D eigenvalue weighted by Gasteiger charge is 2.33. The van der Waals surface area contributed by atoms with Crippen molar-refractivity contribution in [2.45, 2.75) is 30.6 Å². The number of nitrogens with zero attached hydrogens (tertiary/aromatic N) is 2. The summed E-state index contributed by atoms with van der Waals surface area (Å²) in [6.07, 6.45) is -3.08. The maximum Gasteiger partial charge on any atom is 0.416 e. The highest BCUT2D eigenvalue weighted by molar-refractivity contribution is 9.10. The van der Waals surface area contributed by atoms with Crippen LogP contribution in [0.5, 0.6) is 11.5 Å². The summed E-state index contributed by atoms with van der Waals surface area (Å²) in [4.78, 5) is 3.51. The fourth-order valence-corrected chi connectivity index (χ4v) is 6.94. The second-order valence-electron chi connectivity index (χ2n) is 8.76. The van der Waals surface area contributed by atoms with Gasteiger partial charge in [0.05, 0.1) is 32.0 Å². The molecule has 0 spiro atoms. The van der Waals surface area contributed by atoms with Crippen LogP contribution < -0.4 is 19.1 Å². The molecular weight excluding hydrogens is 650 g/mol. The zero-order valence-corrected chi connectivity index (χ0v) is 25.1. The van der Waals surface area contributed by atoms with Gasteiger partial charge in [-0.15, -0.1) is 11.3 Å². The second kappa shape index (κ2) is 12.2. The highest BCUT2D eigenvalue weighted by atomic mass is 79.9. The van der Waals surface area contributed by atoms with Gasteiger partial charge in [0.25, 0.3) is 10.0 Å². The molecule has 0 unspecified atom stereocenters. The molecule has 0 saturated heterocycles. The molecule has 1 heterocycles. The quantitative estimate of drug-likeness (QED) is 0.174. The van der Waals surface area contributed by atoms with E-state index < -0.39 is 38.5 Å². The number of thiazole rings is 1. The molecule has 0 aliphatic carbocycles. The number of sulfonamides is 1. The van der Waals surface area contributed by atoms with E-state index in [1.807, 2.05) is 0 Å². The Labute approximate surface area is 246 Å². The van der Waals surface area contributed by atoms with Gasteiger partial charge in [-0.05, 0) is 64.8 Å². The summed E-state index contributed by atoms with van der Waals surface area (Å²) in [5.41, 5.74) is 0.141. The fraction of sp³-hybridized carbons (Fsp3) is 0.222. The van der Waals surface area contributed by atoms with Crippen molar-refractivity contribution in [3.8, 4) is 11.5 Å². The first kappa shape index (κ1) is 30.6. The summed E-state index contributed by atoms with van der Waals surface area (Å²) in [6.45, 7) is 1.39. The fourth-order valence-electron chi connectivity index (χ4n) is 3.99. The molecule has 0 bridgehead atoms. The smallest absolute Gasteiger partial charge is 0.416 e. The van der Waals surface area contributed by atoms with Crippen molar-refractivity contribution >= 4 is 48.1 Å². The first-order valence-corrected chi connectivity index (χ1v) is 15.0. The molecule has 0 fully saturated rings. The Morgan fingerprint density at radius 2 is 1.85 bits per heavy atom. The number of halogens is 5. The Kier molecular flexibility index (Phi) is 9.14. The molecule has 218 valence electrons. The lowest BCUT2D eigenvalue weighted by atomic mass is 10.0. The number of hydrogen-bond acceptors (Lipinski definition) is 7. The van der Waals surface area contributed by atoms with Gasteiger partial charge in [0, 0.05) is 33.7 Å². The summed E-state index contributed by atoms with van der Waals surface area (Å²) >= 11 is 4.34. The maximum atomic E-state index is 15.5. The number of methoxy groups -OCH3 is 2. The standard InChI is InChI=1S/C27H24BrF4N3O4S2/c1-16(17-5-4-6-19(11-17)27(30,31)32)34-23-14-22(29)25(13-21(23)28)41(36,37)35(26-33-9-10-40-26)15-18-7-8-20(38-2)12-24(18)39-3/h4-14,16,34H,15H2,1-3H3/t16-/m0/s1. The van der Waals surface area contributed by atoms with Crippen molar-refractivity contribution in [2.24, 2.45) is 0 Å². The number of anilines is 2. The molecule has 7 nitrogen and oxygen atoms in total. The number of nitrogens with one attached hydrogen (secondary N) is 1. The molecule has 3 aromatic carbocycles. The van der Waals surface area contributed by atoms with Crippen LogP contribution in [-0.4, -0.2) is 27.6 Å². The van der Waals surface area contributed by atoms with Crippen molar-refractivity contribution in [3.63, 3.8) is 0 Å². The van der Waals surface area contributed by atoms with E-state index in [1.54, 1.807) is 30.5 Å². The molecular formula is C27H24BrF4N3O4S2. The SMILES string of the molecule is COc1ccc(CN(c2nccs2)S(=O)(=O)c2cc(Br)c(N[C@@H](C)c3cccc(C(F)(F)F)c3)cc2F)c(OC)c1. The molecule has 0 aliphatic heterocycles. The Hall–Kier alpha value is -3.36. The normalized spacial score (nSPS) is 12.6. The monoisotopic (exact) mass is 673 g/mol. The third kappa shape index (κ3) is 6.76. The Balaban J connectivity index is 1.68. The molecule has 1 N–H and O–H groups in total.